The highest BCUT2D eigenvalue weighted by atomic mass is 16.5. The van der Waals surface area contributed by atoms with Crippen molar-refractivity contribution in [3.05, 3.63) is 80.2 Å². The summed E-state index contributed by atoms with van der Waals surface area (Å²) < 4.78 is 6.66. The monoisotopic (exact) mass is 348 g/mol. The summed E-state index contributed by atoms with van der Waals surface area (Å²) in [6, 6.07) is 13.4. The lowest BCUT2D eigenvalue weighted by Gasteiger charge is -2.04. The molecule has 2 heterocycles. The van der Waals surface area contributed by atoms with Crippen molar-refractivity contribution in [2.45, 2.75) is 13.3 Å². The third kappa shape index (κ3) is 2.83. The Balaban J connectivity index is 1.69. The van der Waals surface area contributed by atoms with Gasteiger partial charge in [-0.25, -0.2) is 0 Å². The summed E-state index contributed by atoms with van der Waals surface area (Å²) in [7, 11) is 1.56. The van der Waals surface area contributed by atoms with Crippen LogP contribution in [0.4, 0.5) is 0 Å². The topological polar surface area (TPSA) is 93.8 Å². The largest absolute Gasteiger partial charge is 0.339 e. The van der Waals surface area contributed by atoms with Crippen molar-refractivity contribution >= 4 is 11.0 Å². The minimum atomic E-state index is -0.662. The van der Waals surface area contributed by atoms with Crippen LogP contribution in [0.2, 0.25) is 0 Å². The minimum absolute atomic E-state index is 0.434. The lowest BCUT2D eigenvalue weighted by Crippen LogP contribution is -2.34. The van der Waals surface area contributed by atoms with Gasteiger partial charge in [0, 0.05) is 12.6 Å². The lowest BCUT2D eigenvalue weighted by molar-refractivity contribution is 0.385. The summed E-state index contributed by atoms with van der Waals surface area (Å²) in [4.78, 5) is 30.4. The van der Waals surface area contributed by atoms with E-state index in [9.17, 15) is 9.59 Å². The van der Waals surface area contributed by atoms with Gasteiger partial charge in [-0.1, -0.05) is 35.0 Å². The molecule has 26 heavy (non-hydrogen) atoms. The molecule has 0 aliphatic carbocycles. The Morgan fingerprint density at radius 2 is 1.88 bits per heavy atom. The lowest BCUT2D eigenvalue weighted by atomic mass is 10.1. The number of hydrogen-bond acceptors (Lipinski definition) is 5. The second-order valence-electron chi connectivity index (χ2n) is 6.22. The molecule has 4 rings (SSSR count). The van der Waals surface area contributed by atoms with E-state index in [1.165, 1.54) is 10.1 Å². The van der Waals surface area contributed by atoms with E-state index in [1.807, 2.05) is 31.2 Å². The molecule has 0 saturated heterocycles. The Morgan fingerprint density at radius 3 is 2.65 bits per heavy atom. The smallest absolute Gasteiger partial charge is 0.316 e. The number of H-pyrrole nitrogens is 1. The molecule has 0 aliphatic heterocycles. The zero-order valence-electron chi connectivity index (χ0n) is 14.3. The molecule has 0 amide bonds. The molecule has 0 atom stereocenters. The fourth-order valence-corrected chi connectivity index (χ4v) is 2.83. The zero-order valence-corrected chi connectivity index (χ0v) is 14.3. The molecular weight excluding hydrogens is 332 g/mol. The molecule has 7 heteroatoms. The maximum Gasteiger partial charge on any atom is 0.316 e. The van der Waals surface area contributed by atoms with E-state index in [2.05, 4.69) is 15.1 Å². The predicted octanol–water partition coefficient (Wildman–Crippen LogP) is 2.18. The van der Waals surface area contributed by atoms with Gasteiger partial charge in [-0.15, -0.1) is 0 Å². The first kappa shape index (κ1) is 16.0. The van der Waals surface area contributed by atoms with Crippen LogP contribution in [0, 0.1) is 6.92 Å². The number of nitrogens with zero attached hydrogens (tertiary/aromatic N) is 3. The molecule has 0 spiro atoms. The summed E-state index contributed by atoms with van der Waals surface area (Å²) >= 11 is 0. The molecule has 7 nitrogen and oxygen atoms in total. The molecule has 0 saturated carbocycles. The highest BCUT2D eigenvalue weighted by Gasteiger charge is 2.11. The van der Waals surface area contributed by atoms with Gasteiger partial charge in [0.25, 0.3) is 0 Å². The third-order valence-electron chi connectivity index (χ3n) is 4.31. The number of aryl methyl sites for hydroxylation is 2. The van der Waals surface area contributed by atoms with E-state index in [1.54, 1.807) is 25.2 Å². The molecule has 0 radical (unpaired) electrons. The summed E-state index contributed by atoms with van der Waals surface area (Å²) in [6.45, 7) is 2.04. The van der Waals surface area contributed by atoms with Crippen LogP contribution in [0.1, 0.15) is 17.0 Å². The standard InChI is InChI=1S/C19H16N4O3/c1-11-3-5-12(6-4-11)9-16-21-17(22-26-16)13-7-8-15-14(10-13)20-18(24)19(25)23(15)2/h3-8,10H,9H2,1-2H3,(H,20,24). The summed E-state index contributed by atoms with van der Waals surface area (Å²) in [5.41, 5.74) is 2.89. The van der Waals surface area contributed by atoms with Crippen molar-refractivity contribution in [1.29, 1.82) is 0 Å². The number of hydrogen-bond donors (Lipinski definition) is 1. The first-order valence-electron chi connectivity index (χ1n) is 8.13. The van der Waals surface area contributed by atoms with Gasteiger partial charge in [0.05, 0.1) is 17.5 Å². The molecule has 0 aliphatic rings. The Kier molecular flexibility index (Phi) is 3.76. The first-order chi connectivity index (χ1) is 12.5. The van der Waals surface area contributed by atoms with Crippen LogP contribution < -0.4 is 11.1 Å². The highest BCUT2D eigenvalue weighted by Crippen LogP contribution is 2.20. The molecular formula is C19H16N4O3. The number of fused-ring (bicyclic) bond motifs is 1. The van der Waals surface area contributed by atoms with Gasteiger partial charge in [-0.05, 0) is 30.7 Å². The van der Waals surface area contributed by atoms with Gasteiger partial charge < -0.3 is 14.1 Å². The van der Waals surface area contributed by atoms with E-state index in [4.69, 9.17) is 4.52 Å². The Hall–Kier alpha value is -3.48. The van der Waals surface area contributed by atoms with Gasteiger partial charge in [0.15, 0.2) is 0 Å². The average Bonchev–Trinajstić information content (AvgIpc) is 3.10. The molecule has 0 bridgehead atoms. The average molecular weight is 348 g/mol. The molecule has 2 aromatic carbocycles. The third-order valence-corrected chi connectivity index (χ3v) is 4.31. The molecule has 1 N–H and O–H groups in total. The van der Waals surface area contributed by atoms with Crippen molar-refractivity contribution in [1.82, 2.24) is 19.7 Å². The maximum atomic E-state index is 11.7. The summed E-state index contributed by atoms with van der Waals surface area (Å²) in [5, 5.41) is 4.02. The van der Waals surface area contributed by atoms with Crippen LogP contribution >= 0.6 is 0 Å². The number of benzene rings is 2. The fourth-order valence-electron chi connectivity index (χ4n) is 2.83. The van der Waals surface area contributed by atoms with Crippen LogP contribution in [-0.4, -0.2) is 19.7 Å². The summed E-state index contributed by atoms with van der Waals surface area (Å²) in [6.07, 6.45) is 0.548. The Bertz CT molecular complexity index is 1220. The van der Waals surface area contributed by atoms with Crippen LogP contribution in [0.5, 0.6) is 0 Å². The normalized spacial score (nSPS) is 11.2. The number of aromatic nitrogens is 4. The fraction of sp³-hybridized carbons (Fsp3) is 0.158. The van der Waals surface area contributed by atoms with E-state index < -0.39 is 11.1 Å². The van der Waals surface area contributed by atoms with Crippen molar-refractivity contribution < 1.29 is 4.52 Å². The molecule has 4 aromatic rings. The molecule has 0 unspecified atom stereocenters. The van der Waals surface area contributed by atoms with Crippen molar-refractivity contribution in [3.8, 4) is 11.4 Å². The SMILES string of the molecule is Cc1ccc(Cc2nc(-c3ccc4c(c3)[nH]c(=O)c(=O)n4C)no2)cc1. The van der Waals surface area contributed by atoms with Gasteiger partial charge in [-0.3, -0.25) is 9.59 Å². The van der Waals surface area contributed by atoms with Gasteiger partial charge >= 0.3 is 11.1 Å². The Morgan fingerprint density at radius 1 is 1.12 bits per heavy atom. The maximum absolute atomic E-state index is 11.7. The van der Waals surface area contributed by atoms with Gasteiger partial charge in [-0.2, -0.15) is 4.98 Å². The molecule has 130 valence electrons. The quantitative estimate of drug-likeness (QED) is 0.573. The number of aromatic amines is 1. The first-order valence-corrected chi connectivity index (χ1v) is 8.13. The van der Waals surface area contributed by atoms with Crippen LogP contribution in [0.3, 0.4) is 0 Å². The van der Waals surface area contributed by atoms with E-state index >= 15 is 0 Å². The summed E-state index contributed by atoms with van der Waals surface area (Å²) in [5.74, 6) is 0.946. The van der Waals surface area contributed by atoms with Crippen LogP contribution in [0.25, 0.3) is 22.4 Å². The predicted molar refractivity (Wildman–Crippen MR) is 97.1 cm³/mol. The minimum Gasteiger partial charge on any atom is -0.339 e. The molecule has 2 aromatic heterocycles. The zero-order chi connectivity index (χ0) is 18.3. The van der Waals surface area contributed by atoms with Gasteiger partial charge in [0.1, 0.15) is 0 Å². The van der Waals surface area contributed by atoms with Gasteiger partial charge in [0.2, 0.25) is 11.7 Å². The highest BCUT2D eigenvalue weighted by molar-refractivity contribution is 5.79. The van der Waals surface area contributed by atoms with E-state index in [0.29, 0.717) is 34.7 Å². The number of rotatable bonds is 3. The second-order valence-corrected chi connectivity index (χ2v) is 6.22. The van der Waals surface area contributed by atoms with Crippen molar-refractivity contribution in [2.24, 2.45) is 7.05 Å². The molecule has 0 fully saturated rings. The van der Waals surface area contributed by atoms with Crippen molar-refractivity contribution in [2.75, 3.05) is 0 Å². The van der Waals surface area contributed by atoms with Crippen LogP contribution in [-0.2, 0) is 13.5 Å². The van der Waals surface area contributed by atoms with Crippen molar-refractivity contribution in [3.63, 3.8) is 0 Å². The van der Waals surface area contributed by atoms with E-state index in [0.717, 1.165) is 5.56 Å². The number of nitrogens with one attached hydrogen (secondary N) is 1. The van der Waals surface area contributed by atoms with E-state index in [-0.39, 0.29) is 0 Å². The Labute approximate surface area is 147 Å². The second kappa shape index (κ2) is 6.11. The van der Waals surface area contributed by atoms with Crippen LogP contribution in [0.15, 0.2) is 56.6 Å².